The number of thiazole rings is 1. The van der Waals surface area contributed by atoms with E-state index in [-0.39, 0.29) is 10.0 Å². The molecular weight excluding hydrogens is 298 g/mol. The predicted octanol–water partition coefficient (Wildman–Crippen LogP) is 3.22. The number of halogens is 1. The first-order valence-corrected chi connectivity index (χ1v) is 7.27. The van der Waals surface area contributed by atoms with Crippen molar-refractivity contribution >= 4 is 34.0 Å². The molecule has 0 spiro atoms. The first kappa shape index (κ1) is 14.7. The molecule has 1 N–H and O–H groups in total. The predicted molar refractivity (Wildman–Crippen MR) is 79.8 cm³/mol. The fourth-order valence-corrected chi connectivity index (χ4v) is 2.94. The normalized spacial score (nSPS) is 10.6. The second-order valence-corrected chi connectivity index (χ2v) is 5.54. The number of aromatic nitrogens is 2. The van der Waals surface area contributed by atoms with E-state index in [2.05, 4.69) is 9.97 Å². The summed E-state index contributed by atoms with van der Waals surface area (Å²) in [7, 11) is 0. The van der Waals surface area contributed by atoms with Crippen molar-refractivity contribution in [2.24, 2.45) is 0 Å². The van der Waals surface area contributed by atoms with Crippen LogP contribution in [-0.4, -0.2) is 27.6 Å². The Balaban J connectivity index is 2.24. The zero-order valence-electron chi connectivity index (χ0n) is 11.1. The molecule has 0 radical (unpaired) electrons. The molecule has 0 unspecified atom stereocenters. The van der Waals surface area contributed by atoms with E-state index in [1.165, 1.54) is 0 Å². The molecule has 106 valence electrons. The van der Waals surface area contributed by atoms with Gasteiger partial charge in [-0.05, 0) is 26.0 Å². The van der Waals surface area contributed by atoms with Crippen LogP contribution in [0.3, 0.4) is 0 Å². The standard InChI is InChI=1S/C13H14ClN3O2S/c1-3-17(7-9-6-4-5-8(2)15-9)13-16-11(14)10(20-13)12(18)19/h4-6H,3,7H2,1-2H3,(H,18,19). The summed E-state index contributed by atoms with van der Waals surface area (Å²) in [5, 5.41) is 9.65. The van der Waals surface area contributed by atoms with Crippen molar-refractivity contribution in [3.63, 3.8) is 0 Å². The van der Waals surface area contributed by atoms with Crippen LogP contribution in [0.25, 0.3) is 0 Å². The number of carboxylic acids is 1. The van der Waals surface area contributed by atoms with E-state index in [9.17, 15) is 4.79 Å². The van der Waals surface area contributed by atoms with Crippen LogP contribution < -0.4 is 4.90 Å². The fraction of sp³-hybridized carbons (Fsp3) is 0.308. The Labute approximate surface area is 125 Å². The van der Waals surface area contributed by atoms with Gasteiger partial charge in [-0.3, -0.25) is 4.98 Å². The summed E-state index contributed by atoms with van der Waals surface area (Å²) in [6.45, 7) is 5.17. The van der Waals surface area contributed by atoms with Crippen molar-refractivity contribution in [1.82, 2.24) is 9.97 Å². The van der Waals surface area contributed by atoms with Crippen LogP contribution in [0.15, 0.2) is 18.2 Å². The van der Waals surface area contributed by atoms with Gasteiger partial charge >= 0.3 is 5.97 Å². The van der Waals surface area contributed by atoms with E-state index in [0.717, 1.165) is 22.7 Å². The summed E-state index contributed by atoms with van der Waals surface area (Å²) in [5.41, 5.74) is 1.86. The molecule has 5 nitrogen and oxygen atoms in total. The van der Waals surface area contributed by atoms with E-state index in [1.807, 2.05) is 36.9 Å². The van der Waals surface area contributed by atoms with E-state index in [4.69, 9.17) is 16.7 Å². The van der Waals surface area contributed by atoms with Crippen molar-refractivity contribution in [2.45, 2.75) is 20.4 Å². The molecule has 0 aliphatic heterocycles. The second-order valence-electron chi connectivity index (χ2n) is 4.21. The maximum absolute atomic E-state index is 11.0. The summed E-state index contributed by atoms with van der Waals surface area (Å²) in [6, 6.07) is 5.81. The molecule has 0 fully saturated rings. The average molecular weight is 312 g/mol. The maximum atomic E-state index is 11.0. The monoisotopic (exact) mass is 311 g/mol. The van der Waals surface area contributed by atoms with Crippen molar-refractivity contribution in [2.75, 3.05) is 11.4 Å². The number of pyridine rings is 1. The SMILES string of the molecule is CCN(Cc1cccc(C)n1)c1nc(Cl)c(C(=O)O)s1. The number of aryl methyl sites for hydroxylation is 1. The molecule has 2 aromatic rings. The molecule has 0 saturated heterocycles. The van der Waals surface area contributed by atoms with Crippen LogP contribution in [0.1, 0.15) is 28.0 Å². The number of anilines is 1. The lowest BCUT2D eigenvalue weighted by atomic mass is 10.3. The molecule has 0 aliphatic rings. The van der Waals surface area contributed by atoms with E-state index >= 15 is 0 Å². The Hall–Kier alpha value is -1.66. The number of nitrogens with zero attached hydrogens (tertiary/aromatic N) is 3. The number of hydrogen-bond donors (Lipinski definition) is 1. The third-order valence-corrected chi connectivity index (χ3v) is 4.21. The quantitative estimate of drug-likeness (QED) is 0.918. The van der Waals surface area contributed by atoms with Gasteiger partial charge in [0.25, 0.3) is 0 Å². The molecule has 20 heavy (non-hydrogen) atoms. The molecule has 0 aromatic carbocycles. The fourth-order valence-electron chi connectivity index (χ4n) is 1.76. The van der Waals surface area contributed by atoms with Gasteiger partial charge in [0.2, 0.25) is 0 Å². The molecule has 0 amide bonds. The maximum Gasteiger partial charge on any atom is 0.349 e. The Bertz CT molecular complexity index is 630. The zero-order chi connectivity index (χ0) is 14.7. The van der Waals surface area contributed by atoms with Crippen LogP contribution in [0.5, 0.6) is 0 Å². The minimum Gasteiger partial charge on any atom is -0.477 e. The highest BCUT2D eigenvalue weighted by molar-refractivity contribution is 7.18. The number of hydrogen-bond acceptors (Lipinski definition) is 5. The van der Waals surface area contributed by atoms with Gasteiger partial charge in [0, 0.05) is 12.2 Å². The Kier molecular flexibility index (Phi) is 4.57. The summed E-state index contributed by atoms with van der Waals surface area (Å²) in [5.74, 6) is -1.05. The minimum atomic E-state index is -1.05. The lowest BCUT2D eigenvalue weighted by Gasteiger charge is -2.19. The molecule has 2 heterocycles. The lowest BCUT2D eigenvalue weighted by Crippen LogP contribution is -2.22. The average Bonchev–Trinajstić information content (AvgIpc) is 2.78. The van der Waals surface area contributed by atoms with Crippen molar-refractivity contribution in [3.05, 3.63) is 39.6 Å². The molecule has 0 bridgehead atoms. The molecule has 7 heteroatoms. The Morgan fingerprint density at radius 1 is 1.45 bits per heavy atom. The molecule has 0 saturated carbocycles. The number of carboxylic acid groups (broad SMARTS) is 1. The lowest BCUT2D eigenvalue weighted by molar-refractivity contribution is 0.0702. The van der Waals surface area contributed by atoms with Crippen LogP contribution in [0.2, 0.25) is 5.15 Å². The largest absolute Gasteiger partial charge is 0.477 e. The van der Waals surface area contributed by atoms with E-state index in [0.29, 0.717) is 18.2 Å². The minimum absolute atomic E-state index is 0.0353. The number of aromatic carboxylic acids is 1. The highest BCUT2D eigenvalue weighted by atomic mass is 35.5. The zero-order valence-corrected chi connectivity index (χ0v) is 12.7. The third kappa shape index (κ3) is 3.26. The van der Waals surface area contributed by atoms with Crippen LogP contribution >= 0.6 is 22.9 Å². The van der Waals surface area contributed by atoms with Crippen molar-refractivity contribution in [1.29, 1.82) is 0 Å². The molecule has 2 aromatic heterocycles. The van der Waals surface area contributed by atoms with Crippen molar-refractivity contribution < 1.29 is 9.90 Å². The van der Waals surface area contributed by atoms with Gasteiger partial charge < -0.3 is 10.0 Å². The van der Waals surface area contributed by atoms with Gasteiger partial charge in [-0.1, -0.05) is 29.0 Å². The summed E-state index contributed by atoms with van der Waals surface area (Å²) >= 11 is 6.92. The van der Waals surface area contributed by atoms with Gasteiger partial charge in [0.15, 0.2) is 15.2 Å². The van der Waals surface area contributed by atoms with Crippen molar-refractivity contribution in [3.8, 4) is 0 Å². The summed E-state index contributed by atoms with van der Waals surface area (Å²) in [4.78, 5) is 21.6. The highest BCUT2D eigenvalue weighted by Gasteiger charge is 2.19. The third-order valence-electron chi connectivity index (χ3n) is 2.72. The first-order chi connectivity index (χ1) is 9.51. The van der Waals surface area contributed by atoms with Crippen LogP contribution in [-0.2, 0) is 6.54 Å². The summed E-state index contributed by atoms with van der Waals surface area (Å²) in [6.07, 6.45) is 0. The second kappa shape index (κ2) is 6.19. The molecule has 2 rings (SSSR count). The van der Waals surface area contributed by atoms with E-state index < -0.39 is 5.97 Å². The number of rotatable bonds is 5. The van der Waals surface area contributed by atoms with E-state index in [1.54, 1.807) is 0 Å². The topological polar surface area (TPSA) is 66.3 Å². The van der Waals surface area contributed by atoms with Gasteiger partial charge in [0.05, 0.1) is 12.2 Å². The Morgan fingerprint density at radius 3 is 2.75 bits per heavy atom. The Morgan fingerprint density at radius 2 is 2.20 bits per heavy atom. The van der Waals surface area contributed by atoms with Gasteiger partial charge in [-0.15, -0.1) is 0 Å². The highest BCUT2D eigenvalue weighted by Crippen LogP contribution is 2.30. The summed E-state index contributed by atoms with van der Waals surface area (Å²) < 4.78 is 0. The van der Waals surface area contributed by atoms with Crippen LogP contribution in [0, 0.1) is 6.92 Å². The van der Waals surface area contributed by atoms with Gasteiger partial charge in [-0.2, -0.15) is 0 Å². The first-order valence-electron chi connectivity index (χ1n) is 6.08. The number of carbonyl (C=O) groups is 1. The van der Waals surface area contributed by atoms with Gasteiger partial charge in [-0.25, -0.2) is 9.78 Å². The van der Waals surface area contributed by atoms with Gasteiger partial charge in [0.1, 0.15) is 0 Å². The smallest absolute Gasteiger partial charge is 0.349 e. The molecular formula is C13H14ClN3O2S. The molecule has 0 aliphatic carbocycles. The molecule has 0 atom stereocenters. The van der Waals surface area contributed by atoms with Crippen LogP contribution in [0.4, 0.5) is 5.13 Å².